The number of pyridine rings is 1. The highest BCUT2D eigenvalue weighted by Crippen LogP contribution is 2.27. The van der Waals surface area contributed by atoms with Crippen molar-refractivity contribution in [2.45, 2.75) is 25.6 Å². The average molecular weight is 272 g/mol. The largest absolute Gasteiger partial charge is 0.474 e. The van der Waals surface area contributed by atoms with E-state index in [1.165, 1.54) is 0 Å². The number of nitrogens with zero attached hydrogens (tertiary/aromatic N) is 2. The maximum Gasteiger partial charge on any atom is 0.221 e. The normalized spacial score (nSPS) is 17.5. The second-order valence-electron chi connectivity index (χ2n) is 5.42. The summed E-state index contributed by atoms with van der Waals surface area (Å²) in [6, 6.07) is 9.94. The number of piperidine rings is 1. The minimum Gasteiger partial charge on any atom is -0.474 e. The van der Waals surface area contributed by atoms with Gasteiger partial charge in [-0.1, -0.05) is 18.2 Å². The van der Waals surface area contributed by atoms with Crippen molar-refractivity contribution >= 4 is 10.8 Å². The summed E-state index contributed by atoms with van der Waals surface area (Å²) in [5.41, 5.74) is 0.659. The molecule has 0 unspecified atom stereocenters. The second-order valence-corrected chi connectivity index (χ2v) is 5.42. The van der Waals surface area contributed by atoms with Crippen molar-refractivity contribution in [1.29, 1.82) is 0 Å². The third kappa shape index (κ3) is 2.76. The van der Waals surface area contributed by atoms with Crippen LogP contribution in [0.2, 0.25) is 0 Å². The maximum atomic E-state index is 9.34. The van der Waals surface area contributed by atoms with Gasteiger partial charge in [0, 0.05) is 18.5 Å². The van der Waals surface area contributed by atoms with Crippen LogP contribution < -0.4 is 4.74 Å². The summed E-state index contributed by atoms with van der Waals surface area (Å²) in [5.74, 6) is 0.654. The molecule has 0 bridgehead atoms. The zero-order valence-corrected chi connectivity index (χ0v) is 11.7. The highest BCUT2D eigenvalue weighted by atomic mass is 16.5. The van der Waals surface area contributed by atoms with E-state index < -0.39 is 0 Å². The number of aromatic nitrogens is 1. The van der Waals surface area contributed by atoms with Crippen LogP contribution in [0.1, 0.15) is 18.5 Å². The Kier molecular flexibility index (Phi) is 3.85. The molecular weight excluding hydrogens is 252 g/mol. The van der Waals surface area contributed by atoms with Crippen molar-refractivity contribution in [2.24, 2.45) is 0 Å². The molecule has 0 atom stereocenters. The summed E-state index contributed by atoms with van der Waals surface area (Å²) in [4.78, 5) is 6.76. The van der Waals surface area contributed by atoms with Crippen LogP contribution in [0.25, 0.3) is 10.8 Å². The number of fused-ring (bicyclic) bond motifs is 1. The van der Waals surface area contributed by atoms with Gasteiger partial charge in [-0.15, -0.1) is 0 Å². The van der Waals surface area contributed by atoms with Crippen LogP contribution in [0.15, 0.2) is 30.3 Å². The molecule has 4 nitrogen and oxygen atoms in total. The number of aliphatic hydroxyl groups is 1. The van der Waals surface area contributed by atoms with Crippen LogP contribution in [0.5, 0.6) is 5.88 Å². The Bertz CT molecular complexity index is 592. The lowest BCUT2D eigenvalue weighted by molar-refractivity contribution is 0.111. The van der Waals surface area contributed by atoms with Gasteiger partial charge in [0.15, 0.2) is 0 Å². The Balaban J connectivity index is 1.89. The molecule has 3 rings (SSSR count). The summed E-state index contributed by atoms with van der Waals surface area (Å²) in [6.07, 6.45) is 2.27. The molecule has 20 heavy (non-hydrogen) atoms. The quantitative estimate of drug-likeness (QED) is 0.930. The molecule has 2 aromatic rings. The number of benzene rings is 1. The first-order valence-electron chi connectivity index (χ1n) is 7.11. The van der Waals surface area contributed by atoms with E-state index in [9.17, 15) is 5.11 Å². The number of likely N-dealkylation sites (tertiary alicyclic amines) is 1. The molecule has 0 spiro atoms. The predicted molar refractivity (Wildman–Crippen MR) is 78.8 cm³/mol. The molecule has 0 radical (unpaired) electrons. The SMILES string of the molecule is CN1CCC(Oc2nc(CO)cc3ccccc23)CC1. The Labute approximate surface area is 119 Å². The van der Waals surface area contributed by atoms with Crippen molar-refractivity contribution in [3.8, 4) is 5.88 Å². The van der Waals surface area contributed by atoms with Gasteiger partial charge in [0.2, 0.25) is 5.88 Å². The molecule has 1 fully saturated rings. The van der Waals surface area contributed by atoms with Gasteiger partial charge in [0.25, 0.3) is 0 Å². The Morgan fingerprint density at radius 2 is 2.05 bits per heavy atom. The molecule has 0 aliphatic carbocycles. The number of ether oxygens (including phenoxy) is 1. The highest BCUT2D eigenvalue weighted by molar-refractivity contribution is 5.87. The molecular formula is C16H20N2O2. The fraction of sp³-hybridized carbons (Fsp3) is 0.438. The Morgan fingerprint density at radius 1 is 1.30 bits per heavy atom. The number of rotatable bonds is 3. The van der Waals surface area contributed by atoms with Crippen LogP contribution >= 0.6 is 0 Å². The van der Waals surface area contributed by atoms with E-state index in [2.05, 4.69) is 16.9 Å². The summed E-state index contributed by atoms with van der Waals surface area (Å²) in [7, 11) is 2.14. The first-order valence-corrected chi connectivity index (χ1v) is 7.11. The van der Waals surface area contributed by atoms with Crippen molar-refractivity contribution < 1.29 is 9.84 Å². The molecule has 0 saturated carbocycles. The third-order valence-corrected chi connectivity index (χ3v) is 3.86. The van der Waals surface area contributed by atoms with E-state index in [-0.39, 0.29) is 12.7 Å². The molecule has 1 aromatic heterocycles. The number of hydrogen-bond donors (Lipinski definition) is 1. The highest BCUT2D eigenvalue weighted by Gasteiger charge is 2.19. The fourth-order valence-electron chi connectivity index (χ4n) is 2.65. The lowest BCUT2D eigenvalue weighted by Gasteiger charge is -2.29. The lowest BCUT2D eigenvalue weighted by atomic mass is 10.1. The monoisotopic (exact) mass is 272 g/mol. The van der Waals surface area contributed by atoms with Gasteiger partial charge in [-0.2, -0.15) is 0 Å². The van der Waals surface area contributed by atoms with Gasteiger partial charge in [-0.3, -0.25) is 0 Å². The molecule has 0 amide bonds. The van der Waals surface area contributed by atoms with Crippen LogP contribution in [0.3, 0.4) is 0 Å². The van der Waals surface area contributed by atoms with Crippen molar-refractivity contribution in [3.05, 3.63) is 36.0 Å². The van der Waals surface area contributed by atoms with E-state index in [0.29, 0.717) is 11.6 Å². The summed E-state index contributed by atoms with van der Waals surface area (Å²) >= 11 is 0. The predicted octanol–water partition coefficient (Wildman–Crippen LogP) is 2.20. The van der Waals surface area contributed by atoms with Crippen LogP contribution in [-0.2, 0) is 6.61 Å². The lowest BCUT2D eigenvalue weighted by Crippen LogP contribution is -2.35. The molecule has 1 N–H and O–H groups in total. The third-order valence-electron chi connectivity index (χ3n) is 3.86. The van der Waals surface area contributed by atoms with Crippen LogP contribution in [0, 0.1) is 0 Å². The average Bonchev–Trinajstić information content (AvgIpc) is 2.49. The molecule has 1 aliphatic heterocycles. The molecule has 106 valence electrons. The fourth-order valence-corrected chi connectivity index (χ4v) is 2.65. The Morgan fingerprint density at radius 3 is 2.80 bits per heavy atom. The van der Waals surface area contributed by atoms with E-state index in [0.717, 1.165) is 36.7 Å². The minimum absolute atomic E-state index is 0.0609. The molecule has 4 heteroatoms. The first-order chi connectivity index (χ1) is 9.76. The molecule has 1 aromatic carbocycles. The number of hydrogen-bond acceptors (Lipinski definition) is 4. The van der Waals surface area contributed by atoms with Crippen molar-refractivity contribution in [3.63, 3.8) is 0 Å². The molecule has 2 heterocycles. The topological polar surface area (TPSA) is 45.6 Å². The van der Waals surface area contributed by atoms with Crippen LogP contribution in [-0.4, -0.2) is 41.2 Å². The van der Waals surface area contributed by atoms with Crippen molar-refractivity contribution in [1.82, 2.24) is 9.88 Å². The number of aliphatic hydroxyl groups excluding tert-OH is 1. The smallest absolute Gasteiger partial charge is 0.221 e. The van der Waals surface area contributed by atoms with Gasteiger partial charge in [0.1, 0.15) is 6.10 Å². The van der Waals surface area contributed by atoms with Gasteiger partial charge >= 0.3 is 0 Å². The zero-order valence-electron chi connectivity index (χ0n) is 11.7. The molecule has 1 saturated heterocycles. The van der Waals surface area contributed by atoms with E-state index in [1.807, 2.05) is 30.3 Å². The summed E-state index contributed by atoms with van der Waals surface area (Å²) < 4.78 is 6.11. The molecule has 1 aliphatic rings. The summed E-state index contributed by atoms with van der Waals surface area (Å²) in [6.45, 7) is 2.05. The zero-order chi connectivity index (χ0) is 13.9. The van der Waals surface area contributed by atoms with Crippen LogP contribution in [0.4, 0.5) is 0 Å². The maximum absolute atomic E-state index is 9.34. The summed E-state index contributed by atoms with van der Waals surface area (Å²) in [5, 5.41) is 11.4. The van der Waals surface area contributed by atoms with Gasteiger partial charge < -0.3 is 14.7 Å². The van der Waals surface area contributed by atoms with E-state index in [4.69, 9.17) is 4.74 Å². The van der Waals surface area contributed by atoms with Gasteiger partial charge in [-0.25, -0.2) is 4.98 Å². The van der Waals surface area contributed by atoms with E-state index >= 15 is 0 Å². The first kappa shape index (κ1) is 13.3. The van der Waals surface area contributed by atoms with Gasteiger partial charge in [-0.05, 0) is 37.4 Å². The Hall–Kier alpha value is -1.65. The van der Waals surface area contributed by atoms with E-state index in [1.54, 1.807) is 0 Å². The van der Waals surface area contributed by atoms with Gasteiger partial charge in [0.05, 0.1) is 12.3 Å². The minimum atomic E-state index is -0.0609. The van der Waals surface area contributed by atoms with Crippen molar-refractivity contribution in [2.75, 3.05) is 20.1 Å². The standard InChI is InChI=1S/C16H20N2O2/c1-18-8-6-14(7-9-18)20-16-15-5-3-2-4-12(15)10-13(11-19)17-16/h2-5,10,14,19H,6-9,11H2,1H3. The second kappa shape index (κ2) is 5.77.